The van der Waals surface area contributed by atoms with E-state index >= 15 is 0 Å². The predicted octanol–water partition coefficient (Wildman–Crippen LogP) is 5.61. The number of benzene rings is 3. The van der Waals surface area contributed by atoms with E-state index in [0.717, 1.165) is 69.4 Å². The highest BCUT2D eigenvalue weighted by atomic mass is 16.5. The molecule has 9 nitrogen and oxygen atoms in total. The van der Waals surface area contributed by atoms with Gasteiger partial charge in [0, 0.05) is 29.5 Å². The minimum Gasteiger partial charge on any atom is -0.465 e. The summed E-state index contributed by atoms with van der Waals surface area (Å²) in [5.41, 5.74) is 6.68. The number of nitrogens with one attached hydrogen (secondary N) is 1. The van der Waals surface area contributed by atoms with Crippen molar-refractivity contribution in [2.75, 3.05) is 7.11 Å². The van der Waals surface area contributed by atoms with Gasteiger partial charge in [0.25, 0.3) is 0 Å². The summed E-state index contributed by atoms with van der Waals surface area (Å²) in [4.78, 5) is 22.4. The lowest BCUT2D eigenvalue weighted by Crippen LogP contribution is -2.09. The molecule has 3 aromatic heterocycles. The topological polar surface area (TPSA) is 111 Å². The maximum atomic E-state index is 12.6. The van der Waals surface area contributed by atoms with Crippen LogP contribution in [0.4, 0.5) is 0 Å². The maximum absolute atomic E-state index is 12.6. The van der Waals surface area contributed by atoms with E-state index in [2.05, 4.69) is 62.4 Å². The first-order valence-corrected chi connectivity index (χ1v) is 13.0. The summed E-state index contributed by atoms with van der Waals surface area (Å²) < 4.78 is 7.22. The van der Waals surface area contributed by atoms with E-state index in [0.29, 0.717) is 17.9 Å². The summed E-state index contributed by atoms with van der Waals surface area (Å²) >= 11 is 0. The Kier molecular flexibility index (Phi) is 6.54. The van der Waals surface area contributed by atoms with Crippen LogP contribution in [0.2, 0.25) is 0 Å². The van der Waals surface area contributed by atoms with Gasteiger partial charge in [-0.1, -0.05) is 61.9 Å². The predicted molar refractivity (Wildman–Crippen MR) is 149 cm³/mol. The molecule has 39 heavy (non-hydrogen) atoms. The van der Waals surface area contributed by atoms with E-state index in [1.165, 1.54) is 7.11 Å². The number of fused-ring (bicyclic) bond motifs is 2. The molecule has 0 aliphatic carbocycles. The van der Waals surface area contributed by atoms with Crippen molar-refractivity contribution >= 4 is 27.9 Å². The second kappa shape index (κ2) is 10.4. The van der Waals surface area contributed by atoms with Crippen LogP contribution in [0.3, 0.4) is 0 Å². The number of aromatic amines is 1. The standard InChI is InChI=1S/C30H27N7O2/c1-3-4-12-26-31-25-11-7-9-22(30(38)39-2)28(25)37(26)18-19-13-15-20(16-14-19)27-23(29-33-35-36-34-29)17-21-8-5-6-10-24(21)32-27/h5-11,13-17H,3-4,12,18H2,1-2H3,(H,33,34,35,36). The molecular formula is C30H27N7O2. The van der Waals surface area contributed by atoms with Crippen LogP contribution < -0.4 is 0 Å². The van der Waals surface area contributed by atoms with Gasteiger partial charge in [0.05, 0.1) is 34.9 Å². The molecule has 0 spiro atoms. The molecular weight excluding hydrogens is 490 g/mol. The molecule has 0 radical (unpaired) electrons. The number of nitrogens with zero attached hydrogens (tertiary/aromatic N) is 6. The van der Waals surface area contributed by atoms with Gasteiger partial charge < -0.3 is 9.30 Å². The number of unbranched alkanes of at least 4 members (excludes halogenated alkanes) is 1. The number of imidazole rings is 1. The molecule has 3 heterocycles. The van der Waals surface area contributed by atoms with Gasteiger partial charge >= 0.3 is 5.97 Å². The molecule has 0 saturated carbocycles. The van der Waals surface area contributed by atoms with Crippen LogP contribution in [0.25, 0.3) is 44.6 Å². The lowest BCUT2D eigenvalue weighted by molar-refractivity contribution is 0.0602. The number of esters is 1. The van der Waals surface area contributed by atoms with Gasteiger partial charge in [-0.05, 0) is 46.7 Å². The number of tetrazole rings is 1. The fourth-order valence-corrected chi connectivity index (χ4v) is 4.94. The van der Waals surface area contributed by atoms with E-state index in [1.54, 1.807) is 6.07 Å². The van der Waals surface area contributed by atoms with Gasteiger partial charge in [-0.3, -0.25) is 0 Å². The first kappa shape index (κ1) is 24.4. The summed E-state index contributed by atoms with van der Waals surface area (Å²) in [6.45, 7) is 2.74. The van der Waals surface area contributed by atoms with Gasteiger partial charge in [0.15, 0.2) is 5.82 Å². The van der Waals surface area contributed by atoms with Gasteiger partial charge in [0.2, 0.25) is 0 Å². The molecule has 0 aliphatic heterocycles. The molecule has 3 aromatic carbocycles. The molecule has 1 N–H and O–H groups in total. The van der Waals surface area contributed by atoms with Crippen molar-refractivity contribution in [1.82, 2.24) is 35.2 Å². The number of H-pyrrole nitrogens is 1. The third-order valence-corrected chi connectivity index (χ3v) is 6.90. The minimum atomic E-state index is -0.365. The monoisotopic (exact) mass is 517 g/mol. The van der Waals surface area contributed by atoms with Crippen molar-refractivity contribution in [2.45, 2.75) is 32.7 Å². The number of ether oxygens (including phenoxy) is 1. The van der Waals surface area contributed by atoms with E-state index in [1.807, 2.05) is 36.4 Å². The van der Waals surface area contributed by atoms with Crippen LogP contribution in [0, 0.1) is 0 Å². The number of para-hydroxylation sites is 2. The van der Waals surface area contributed by atoms with Crippen LogP contribution in [0.5, 0.6) is 0 Å². The number of aryl methyl sites for hydroxylation is 1. The van der Waals surface area contributed by atoms with Crippen molar-refractivity contribution in [1.29, 1.82) is 0 Å². The summed E-state index contributed by atoms with van der Waals surface area (Å²) in [5.74, 6) is 1.16. The highest BCUT2D eigenvalue weighted by Gasteiger charge is 2.19. The lowest BCUT2D eigenvalue weighted by atomic mass is 10.0. The fraction of sp³-hybridized carbons (Fsp3) is 0.200. The highest BCUT2D eigenvalue weighted by molar-refractivity contribution is 6.02. The SMILES string of the molecule is CCCCc1nc2cccc(C(=O)OC)c2n1Cc1ccc(-c2nc3ccccc3cc2-c2nnn[nH]2)cc1. The van der Waals surface area contributed by atoms with E-state index < -0.39 is 0 Å². The normalized spacial score (nSPS) is 11.3. The third kappa shape index (κ3) is 4.63. The van der Waals surface area contributed by atoms with Crippen LogP contribution in [-0.4, -0.2) is 48.2 Å². The molecule has 0 bridgehead atoms. The largest absolute Gasteiger partial charge is 0.465 e. The highest BCUT2D eigenvalue weighted by Crippen LogP contribution is 2.32. The summed E-state index contributed by atoms with van der Waals surface area (Å²) in [6.07, 6.45) is 2.91. The number of carbonyl (C=O) groups excluding carboxylic acids is 1. The van der Waals surface area contributed by atoms with Crippen LogP contribution in [0.1, 0.15) is 41.5 Å². The molecule has 0 fully saturated rings. The molecule has 194 valence electrons. The van der Waals surface area contributed by atoms with Crippen LogP contribution in [0.15, 0.2) is 72.8 Å². The molecule has 0 unspecified atom stereocenters. The molecule has 0 amide bonds. The second-order valence-corrected chi connectivity index (χ2v) is 9.41. The maximum Gasteiger partial charge on any atom is 0.340 e. The number of hydrogen-bond donors (Lipinski definition) is 1. The lowest BCUT2D eigenvalue weighted by Gasteiger charge is -2.13. The Morgan fingerprint density at radius 3 is 2.56 bits per heavy atom. The number of methoxy groups -OCH3 is 1. The van der Waals surface area contributed by atoms with Gasteiger partial charge in [-0.2, -0.15) is 0 Å². The molecule has 9 heteroatoms. The van der Waals surface area contributed by atoms with E-state index in [-0.39, 0.29) is 5.97 Å². The second-order valence-electron chi connectivity index (χ2n) is 9.41. The number of carbonyl (C=O) groups is 1. The zero-order valence-electron chi connectivity index (χ0n) is 21.8. The summed E-state index contributed by atoms with van der Waals surface area (Å²) in [5, 5.41) is 15.5. The quantitative estimate of drug-likeness (QED) is 0.261. The fourth-order valence-electron chi connectivity index (χ4n) is 4.94. The minimum absolute atomic E-state index is 0.365. The Balaban J connectivity index is 1.41. The molecule has 6 aromatic rings. The molecule has 0 aliphatic rings. The molecule has 0 saturated heterocycles. The number of hydrogen-bond acceptors (Lipinski definition) is 7. The van der Waals surface area contributed by atoms with E-state index in [4.69, 9.17) is 14.7 Å². The first-order valence-electron chi connectivity index (χ1n) is 13.0. The third-order valence-electron chi connectivity index (χ3n) is 6.90. The zero-order valence-corrected chi connectivity index (χ0v) is 21.8. The first-order chi connectivity index (χ1) is 19.2. The zero-order chi connectivity index (χ0) is 26.8. The Labute approximate surface area is 224 Å². The van der Waals surface area contributed by atoms with E-state index in [9.17, 15) is 4.79 Å². The van der Waals surface area contributed by atoms with Crippen LogP contribution in [-0.2, 0) is 17.7 Å². The van der Waals surface area contributed by atoms with Crippen molar-refractivity contribution in [3.8, 4) is 22.6 Å². The smallest absolute Gasteiger partial charge is 0.340 e. The van der Waals surface area contributed by atoms with Crippen LogP contribution >= 0.6 is 0 Å². The van der Waals surface area contributed by atoms with Gasteiger partial charge in [-0.25, -0.2) is 19.9 Å². The Hall–Kier alpha value is -4.92. The Morgan fingerprint density at radius 1 is 0.974 bits per heavy atom. The van der Waals surface area contributed by atoms with Gasteiger partial charge in [-0.15, -0.1) is 5.10 Å². The average molecular weight is 518 g/mol. The number of aromatic nitrogens is 7. The molecule has 6 rings (SSSR count). The summed E-state index contributed by atoms with van der Waals surface area (Å²) in [6, 6.07) is 23.9. The number of rotatable bonds is 8. The van der Waals surface area contributed by atoms with Gasteiger partial charge in [0.1, 0.15) is 5.82 Å². The Bertz CT molecular complexity index is 1770. The van der Waals surface area contributed by atoms with Crippen molar-refractivity contribution in [3.63, 3.8) is 0 Å². The Morgan fingerprint density at radius 2 is 1.79 bits per heavy atom. The molecule has 0 atom stereocenters. The van der Waals surface area contributed by atoms with Crippen molar-refractivity contribution < 1.29 is 9.53 Å². The number of pyridine rings is 1. The van der Waals surface area contributed by atoms with Crippen molar-refractivity contribution in [2.24, 2.45) is 0 Å². The van der Waals surface area contributed by atoms with Crippen molar-refractivity contribution in [3.05, 3.63) is 89.7 Å². The average Bonchev–Trinajstić information content (AvgIpc) is 3.64. The summed E-state index contributed by atoms with van der Waals surface area (Å²) in [7, 11) is 1.41.